The second-order valence-electron chi connectivity index (χ2n) is 6.66. The van der Waals surface area contributed by atoms with E-state index in [1.807, 2.05) is 4.90 Å². The van der Waals surface area contributed by atoms with Crippen molar-refractivity contribution in [3.63, 3.8) is 0 Å². The van der Waals surface area contributed by atoms with Gasteiger partial charge in [-0.05, 0) is 31.6 Å². The number of hydrogen-bond acceptors (Lipinski definition) is 2. The highest BCUT2D eigenvalue weighted by Crippen LogP contribution is 2.40. The topological polar surface area (TPSA) is 49.4 Å². The number of carbonyl (C=O) groups excluding carboxylic acids is 2. The third kappa shape index (κ3) is 4.22. The van der Waals surface area contributed by atoms with E-state index < -0.39 is 0 Å². The molecule has 2 unspecified atom stereocenters. The van der Waals surface area contributed by atoms with Crippen molar-refractivity contribution in [1.29, 1.82) is 0 Å². The smallest absolute Gasteiger partial charge is 0.226 e. The normalized spacial score (nSPS) is 26.2. The molecular weight excluding hydrogens is 252 g/mol. The van der Waals surface area contributed by atoms with Crippen molar-refractivity contribution in [1.82, 2.24) is 10.2 Å². The van der Waals surface area contributed by atoms with Crippen LogP contribution in [-0.2, 0) is 9.59 Å². The molecule has 4 nitrogen and oxygen atoms in total. The maximum atomic E-state index is 12.4. The Balaban J connectivity index is 1.72. The molecule has 20 heavy (non-hydrogen) atoms. The van der Waals surface area contributed by atoms with E-state index in [0.29, 0.717) is 5.92 Å². The van der Waals surface area contributed by atoms with Gasteiger partial charge in [0.05, 0.1) is 11.8 Å². The molecule has 2 rings (SSSR count). The highest BCUT2D eigenvalue weighted by atomic mass is 16.2. The van der Waals surface area contributed by atoms with Crippen LogP contribution in [0.3, 0.4) is 0 Å². The number of likely N-dealkylation sites (tertiary alicyclic amines) is 1. The fraction of sp³-hybridized carbons (Fsp3) is 0.875. The summed E-state index contributed by atoms with van der Waals surface area (Å²) in [6.45, 7) is 6.80. The van der Waals surface area contributed by atoms with Crippen molar-refractivity contribution in [3.8, 4) is 0 Å². The first-order valence-corrected chi connectivity index (χ1v) is 8.16. The largest absolute Gasteiger partial charge is 0.356 e. The van der Waals surface area contributed by atoms with E-state index in [1.165, 1.54) is 12.8 Å². The summed E-state index contributed by atoms with van der Waals surface area (Å²) in [6, 6.07) is 0. The minimum Gasteiger partial charge on any atom is -0.356 e. The van der Waals surface area contributed by atoms with Crippen LogP contribution < -0.4 is 5.32 Å². The maximum absolute atomic E-state index is 12.4. The van der Waals surface area contributed by atoms with E-state index in [-0.39, 0.29) is 23.7 Å². The molecule has 2 fully saturated rings. The molecule has 2 amide bonds. The second kappa shape index (κ2) is 7.09. The van der Waals surface area contributed by atoms with Crippen molar-refractivity contribution < 1.29 is 9.59 Å². The summed E-state index contributed by atoms with van der Waals surface area (Å²) in [7, 11) is 0. The summed E-state index contributed by atoms with van der Waals surface area (Å²) in [5.41, 5.74) is 0. The van der Waals surface area contributed by atoms with Crippen LogP contribution in [0, 0.1) is 17.8 Å². The Hall–Kier alpha value is -1.06. The van der Waals surface area contributed by atoms with E-state index in [9.17, 15) is 9.59 Å². The fourth-order valence-corrected chi connectivity index (χ4v) is 2.90. The second-order valence-corrected chi connectivity index (χ2v) is 6.66. The van der Waals surface area contributed by atoms with Gasteiger partial charge in [0.25, 0.3) is 0 Å². The van der Waals surface area contributed by atoms with Gasteiger partial charge in [-0.25, -0.2) is 0 Å². The lowest BCUT2D eigenvalue weighted by molar-refractivity contribution is -0.134. The van der Waals surface area contributed by atoms with Crippen LogP contribution in [-0.4, -0.2) is 36.3 Å². The average molecular weight is 280 g/mol. The Morgan fingerprint density at radius 2 is 1.75 bits per heavy atom. The number of hydrogen-bond donors (Lipinski definition) is 1. The van der Waals surface area contributed by atoms with Gasteiger partial charge in [-0.2, -0.15) is 0 Å². The molecule has 1 heterocycles. The van der Waals surface area contributed by atoms with Crippen LogP contribution in [0.2, 0.25) is 0 Å². The molecule has 0 aromatic heterocycles. The van der Waals surface area contributed by atoms with Gasteiger partial charge >= 0.3 is 0 Å². The van der Waals surface area contributed by atoms with Gasteiger partial charge in [-0.15, -0.1) is 0 Å². The molecule has 0 aromatic carbocycles. The summed E-state index contributed by atoms with van der Waals surface area (Å²) < 4.78 is 0. The monoisotopic (exact) mass is 280 g/mol. The average Bonchev–Trinajstić information content (AvgIpc) is 3.21. The summed E-state index contributed by atoms with van der Waals surface area (Å²) in [5, 5.41) is 2.97. The van der Waals surface area contributed by atoms with Crippen LogP contribution in [0.4, 0.5) is 0 Å². The maximum Gasteiger partial charge on any atom is 0.226 e. The zero-order chi connectivity index (χ0) is 14.5. The van der Waals surface area contributed by atoms with Crippen molar-refractivity contribution in [3.05, 3.63) is 0 Å². The molecule has 0 spiro atoms. The molecule has 2 aliphatic rings. The fourth-order valence-electron chi connectivity index (χ4n) is 2.90. The minimum absolute atomic E-state index is 0.0350. The number of carbonyl (C=O) groups is 2. The number of rotatable bonds is 5. The third-order valence-electron chi connectivity index (χ3n) is 4.38. The molecule has 0 radical (unpaired) electrons. The summed E-state index contributed by atoms with van der Waals surface area (Å²) in [5.74, 6) is 0.809. The van der Waals surface area contributed by atoms with E-state index in [0.717, 1.165) is 45.3 Å². The molecule has 1 N–H and O–H groups in total. The first-order valence-electron chi connectivity index (χ1n) is 8.16. The molecular formula is C16H28N2O2. The van der Waals surface area contributed by atoms with Crippen LogP contribution in [0.25, 0.3) is 0 Å². The van der Waals surface area contributed by atoms with E-state index in [2.05, 4.69) is 19.2 Å². The van der Waals surface area contributed by atoms with E-state index in [4.69, 9.17) is 0 Å². The van der Waals surface area contributed by atoms with Gasteiger partial charge in [0, 0.05) is 19.6 Å². The Morgan fingerprint density at radius 1 is 1.10 bits per heavy atom. The highest BCUT2D eigenvalue weighted by Gasteiger charge is 2.49. The molecule has 1 aliphatic carbocycles. The minimum atomic E-state index is -0.0575. The van der Waals surface area contributed by atoms with Crippen molar-refractivity contribution >= 4 is 11.8 Å². The number of nitrogens with one attached hydrogen (secondary N) is 1. The molecule has 1 saturated heterocycles. The van der Waals surface area contributed by atoms with Gasteiger partial charge in [0.1, 0.15) is 0 Å². The molecule has 2 atom stereocenters. The molecule has 0 aromatic rings. The van der Waals surface area contributed by atoms with Crippen LogP contribution in [0.5, 0.6) is 0 Å². The van der Waals surface area contributed by atoms with Crippen LogP contribution >= 0.6 is 0 Å². The molecule has 0 bridgehead atoms. The standard InChI is InChI=1S/C16H28N2O2/c1-12(2)7-8-17-15(19)13-11-14(13)16(20)18-9-5-3-4-6-10-18/h12-14H,3-11H2,1-2H3,(H,17,19). The highest BCUT2D eigenvalue weighted by molar-refractivity contribution is 5.92. The van der Waals surface area contributed by atoms with Gasteiger partial charge < -0.3 is 10.2 Å². The van der Waals surface area contributed by atoms with E-state index >= 15 is 0 Å². The van der Waals surface area contributed by atoms with Crippen LogP contribution in [0.1, 0.15) is 52.4 Å². The Kier molecular flexibility index (Phi) is 5.44. The molecule has 1 saturated carbocycles. The third-order valence-corrected chi connectivity index (χ3v) is 4.38. The van der Waals surface area contributed by atoms with Gasteiger partial charge in [-0.1, -0.05) is 26.7 Å². The predicted octanol–water partition coefficient (Wildman–Crippen LogP) is 2.19. The lowest BCUT2D eigenvalue weighted by atomic mass is 10.1. The zero-order valence-electron chi connectivity index (χ0n) is 12.9. The lowest BCUT2D eigenvalue weighted by Gasteiger charge is -2.20. The Morgan fingerprint density at radius 3 is 2.35 bits per heavy atom. The molecule has 114 valence electrons. The zero-order valence-corrected chi connectivity index (χ0v) is 12.9. The van der Waals surface area contributed by atoms with Gasteiger partial charge in [0.15, 0.2) is 0 Å². The SMILES string of the molecule is CC(C)CCNC(=O)C1CC1C(=O)N1CCCCCC1. The summed E-state index contributed by atoms with van der Waals surface area (Å²) >= 11 is 0. The van der Waals surface area contributed by atoms with Gasteiger partial charge in [0.2, 0.25) is 11.8 Å². The first kappa shape index (κ1) is 15.3. The van der Waals surface area contributed by atoms with E-state index in [1.54, 1.807) is 0 Å². The molecule has 4 heteroatoms. The quantitative estimate of drug-likeness (QED) is 0.839. The van der Waals surface area contributed by atoms with Crippen molar-refractivity contribution in [2.45, 2.75) is 52.4 Å². The Labute approximate surface area is 122 Å². The molecule has 1 aliphatic heterocycles. The van der Waals surface area contributed by atoms with Crippen molar-refractivity contribution in [2.75, 3.05) is 19.6 Å². The summed E-state index contributed by atoms with van der Waals surface area (Å²) in [6.07, 6.45) is 6.45. The van der Waals surface area contributed by atoms with Gasteiger partial charge in [-0.3, -0.25) is 9.59 Å². The predicted molar refractivity (Wildman–Crippen MR) is 79.1 cm³/mol. The Bertz CT molecular complexity index is 346. The number of amides is 2. The number of nitrogens with zero attached hydrogens (tertiary/aromatic N) is 1. The lowest BCUT2D eigenvalue weighted by Crippen LogP contribution is -2.35. The summed E-state index contributed by atoms with van der Waals surface area (Å²) in [4.78, 5) is 26.3. The van der Waals surface area contributed by atoms with Crippen LogP contribution in [0.15, 0.2) is 0 Å². The van der Waals surface area contributed by atoms with Crippen molar-refractivity contribution in [2.24, 2.45) is 17.8 Å². The first-order chi connectivity index (χ1) is 9.59.